The summed E-state index contributed by atoms with van der Waals surface area (Å²) in [4.78, 5) is 20.7. The van der Waals surface area contributed by atoms with E-state index in [9.17, 15) is 19.8 Å². The number of nitrogens with zero attached hydrogens (tertiary/aromatic N) is 1. The number of carboxylic acids is 2. The molecule has 0 amide bonds. The monoisotopic (exact) mass is 259 g/mol. The van der Waals surface area contributed by atoms with Crippen molar-refractivity contribution < 1.29 is 134 Å². The molecule has 0 saturated heterocycles. The van der Waals surface area contributed by atoms with Gasteiger partial charge in [-0.3, -0.25) is 4.90 Å². The van der Waals surface area contributed by atoms with E-state index in [1.807, 2.05) is 0 Å². The molecule has 74 valence electrons. The quantitative estimate of drug-likeness (QED) is 0.460. The molecule has 0 radical (unpaired) electrons. The van der Waals surface area contributed by atoms with Crippen LogP contribution in [0, 0.1) is 0 Å². The van der Waals surface area contributed by atoms with E-state index in [4.69, 9.17) is 0 Å². The van der Waals surface area contributed by atoms with Crippen LogP contribution in [0.3, 0.4) is 0 Å². The van der Waals surface area contributed by atoms with Crippen molar-refractivity contribution >= 4 is 11.9 Å². The van der Waals surface area contributed by atoms with Crippen LogP contribution in [0.1, 0.15) is 0 Å². The number of aliphatic carboxylic acids is 2. The first-order valence-electron chi connectivity index (χ1n) is 2.60. The Kier molecular flexibility index (Phi) is 37.2. The van der Waals surface area contributed by atoms with Crippen LogP contribution in [-0.2, 0) is 9.59 Å². The van der Waals surface area contributed by atoms with Crippen molar-refractivity contribution in [3.05, 3.63) is 0 Å². The molecule has 4 N–H and O–H groups in total. The van der Waals surface area contributed by atoms with E-state index < -0.39 is 25.0 Å². The Morgan fingerprint density at radius 3 is 1.36 bits per heavy atom. The van der Waals surface area contributed by atoms with Crippen LogP contribution in [-0.4, -0.2) is 47.9 Å². The largest absolute Gasteiger partial charge is 1.00 e. The van der Waals surface area contributed by atoms with Gasteiger partial charge >= 0.3 is 103 Å². The smallest absolute Gasteiger partial charge is 0.549 e. The molecule has 14 heavy (non-hydrogen) atoms. The molecular weight excluding hydrogens is 248 g/mol. The van der Waals surface area contributed by atoms with Crippen molar-refractivity contribution in [1.82, 2.24) is 4.90 Å². The van der Waals surface area contributed by atoms with Crippen molar-refractivity contribution in [2.75, 3.05) is 20.1 Å². The van der Waals surface area contributed by atoms with E-state index in [1.54, 1.807) is 0 Å². The van der Waals surface area contributed by atoms with E-state index in [2.05, 4.69) is 0 Å². The third-order valence-corrected chi connectivity index (χ3v) is 0.798. The molecule has 0 aromatic rings. The normalized spacial score (nSPS) is 7.00. The molecule has 0 aliphatic carbocycles. The van der Waals surface area contributed by atoms with Crippen LogP contribution in [0.5, 0.6) is 0 Å². The maximum Gasteiger partial charge on any atom is 1.00 e. The molecule has 0 spiro atoms. The predicted octanol–water partition coefficient (Wildman–Crippen LogP) is -11.2. The van der Waals surface area contributed by atoms with Gasteiger partial charge in [0.2, 0.25) is 0 Å². The molecule has 0 saturated carbocycles. The minimum Gasteiger partial charge on any atom is -0.549 e. The fourth-order valence-corrected chi connectivity index (χ4v) is 0.497. The number of hydrogen-bond donors (Lipinski definition) is 0. The zero-order valence-electron chi connectivity index (χ0n) is 8.49. The third-order valence-electron chi connectivity index (χ3n) is 0.798. The second kappa shape index (κ2) is 17.5. The maximum atomic E-state index is 9.83. The summed E-state index contributed by atoms with van der Waals surface area (Å²) in [5.74, 6) is -2.60. The number of carboxylic acid groups (broad SMARTS) is 2. The van der Waals surface area contributed by atoms with E-state index in [-0.39, 0.29) is 114 Å². The first kappa shape index (κ1) is 29.8. The van der Waals surface area contributed by atoms with Gasteiger partial charge in [-0.2, -0.15) is 0 Å². The van der Waals surface area contributed by atoms with Crippen molar-refractivity contribution in [3.8, 4) is 0 Å². The van der Waals surface area contributed by atoms with E-state index in [0.717, 1.165) is 4.90 Å². The van der Waals surface area contributed by atoms with Crippen LogP contribution in [0.4, 0.5) is 0 Å². The first-order chi connectivity index (χ1) is 4.52. The zero-order chi connectivity index (χ0) is 8.15. The average molecular weight is 259 g/mol. The summed E-state index contributed by atoms with van der Waals surface area (Å²) in [5.41, 5.74) is 0. The standard InChI is InChI=1S/C5H9NO4.2K.2H2O/c1-6(2-4(7)8)3-5(9)10;;;;/h2-3H2,1H3,(H,7,8)(H,9,10);;;2*1H2/q;2*+1;;/p-2. The summed E-state index contributed by atoms with van der Waals surface area (Å²) in [6.45, 7) is -0.790. The van der Waals surface area contributed by atoms with Gasteiger partial charge in [0.15, 0.2) is 0 Å². The van der Waals surface area contributed by atoms with E-state index in [1.165, 1.54) is 7.05 Å². The van der Waals surface area contributed by atoms with Gasteiger partial charge in [-0.25, -0.2) is 0 Å². The van der Waals surface area contributed by atoms with Crippen molar-refractivity contribution in [2.24, 2.45) is 0 Å². The molecule has 0 atom stereocenters. The van der Waals surface area contributed by atoms with Gasteiger partial charge in [0, 0.05) is 13.1 Å². The van der Waals surface area contributed by atoms with E-state index in [0.29, 0.717) is 0 Å². The van der Waals surface area contributed by atoms with Gasteiger partial charge in [-0.05, 0) is 7.05 Å². The van der Waals surface area contributed by atoms with Crippen molar-refractivity contribution in [1.29, 1.82) is 0 Å². The molecule has 0 rings (SSSR count). The predicted molar refractivity (Wildman–Crippen MR) is 34.7 cm³/mol. The summed E-state index contributed by atoms with van der Waals surface area (Å²) in [7, 11) is 1.35. The Bertz CT molecular complexity index is 139. The number of hydrogen-bond acceptors (Lipinski definition) is 5. The Morgan fingerprint density at radius 1 is 1.00 bits per heavy atom. The number of carbonyl (C=O) groups excluding carboxylic acids is 2. The Balaban J connectivity index is -0.0000000675. The molecule has 0 heterocycles. The molecule has 0 aromatic carbocycles. The Labute approximate surface area is 167 Å². The molecule has 9 heteroatoms. The second-order valence-corrected chi connectivity index (χ2v) is 1.92. The maximum absolute atomic E-state index is 9.83. The van der Waals surface area contributed by atoms with Gasteiger partial charge in [0.1, 0.15) is 0 Å². The average Bonchev–Trinajstić information content (AvgIpc) is 1.58. The van der Waals surface area contributed by atoms with Gasteiger partial charge in [0.05, 0.1) is 11.9 Å². The molecule has 0 aliphatic rings. The molecule has 0 unspecified atom stereocenters. The fourth-order valence-electron chi connectivity index (χ4n) is 0.497. The number of rotatable bonds is 4. The molecule has 0 aromatic heterocycles. The van der Waals surface area contributed by atoms with Crippen molar-refractivity contribution in [3.63, 3.8) is 0 Å². The summed E-state index contributed by atoms with van der Waals surface area (Å²) in [6, 6.07) is 0. The molecule has 0 bridgehead atoms. The summed E-state index contributed by atoms with van der Waals surface area (Å²) >= 11 is 0. The number of likely N-dealkylation sites (N-methyl/N-ethyl adjacent to an activating group) is 1. The molecule has 7 nitrogen and oxygen atoms in total. The molecule has 0 aliphatic heterocycles. The van der Waals surface area contributed by atoms with Gasteiger partial charge in [-0.1, -0.05) is 0 Å². The molecular formula is C5H11K2NO6. The topological polar surface area (TPSA) is 146 Å². The minimum atomic E-state index is -1.30. The van der Waals surface area contributed by atoms with E-state index >= 15 is 0 Å². The van der Waals surface area contributed by atoms with Crippen LogP contribution < -0.4 is 113 Å². The minimum absolute atomic E-state index is 0. The molecule has 0 fully saturated rings. The Hall–Kier alpha value is 2.09. The van der Waals surface area contributed by atoms with Crippen LogP contribution in [0.15, 0.2) is 0 Å². The third kappa shape index (κ3) is 23.7. The fraction of sp³-hybridized carbons (Fsp3) is 0.600. The van der Waals surface area contributed by atoms with Gasteiger partial charge in [-0.15, -0.1) is 0 Å². The zero-order valence-corrected chi connectivity index (χ0v) is 14.7. The SMILES string of the molecule is CN(CC(=O)[O-])CC(=O)[O-].O.O.[K+].[K+]. The van der Waals surface area contributed by atoms with Crippen molar-refractivity contribution in [2.45, 2.75) is 0 Å². The van der Waals surface area contributed by atoms with Gasteiger partial charge in [0.25, 0.3) is 0 Å². The van der Waals surface area contributed by atoms with Crippen LogP contribution >= 0.6 is 0 Å². The number of carbonyl (C=O) groups is 2. The van der Waals surface area contributed by atoms with Crippen LogP contribution in [0.2, 0.25) is 0 Å². The summed E-state index contributed by atoms with van der Waals surface area (Å²) < 4.78 is 0. The summed E-state index contributed by atoms with van der Waals surface area (Å²) in [6.07, 6.45) is 0. The summed E-state index contributed by atoms with van der Waals surface area (Å²) in [5, 5.41) is 19.7. The second-order valence-electron chi connectivity index (χ2n) is 1.92. The first-order valence-corrected chi connectivity index (χ1v) is 2.60. The van der Waals surface area contributed by atoms with Gasteiger partial charge < -0.3 is 30.8 Å². The van der Waals surface area contributed by atoms with Crippen LogP contribution in [0.25, 0.3) is 0 Å². The Morgan fingerprint density at radius 2 is 1.21 bits per heavy atom.